The summed E-state index contributed by atoms with van der Waals surface area (Å²) in [5.41, 5.74) is 1.65. The van der Waals surface area contributed by atoms with Crippen LogP contribution in [0.4, 0.5) is 11.4 Å². The lowest BCUT2D eigenvalue weighted by atomic mass is 9.94. The Kier molecular flexibility index (Phi) is 4.72. The maximum Gasteiger partial charge on any atom is 0.294 e. The van der Waals surface area contributed by atoms with Gasteiger partial charge in [0.15, 0.2) is 11.5 Å². The molecule has 0 aliphatic carbocycles. The highest BCUT2D eigenvalue weighted by molar-refractivity contribution is 6.20. The molecule has 6 rings (SSSR count). The number of aliphatic hydroxyl groups excluding tert-OH is 1. The maximum absolute atomic E-state index is 13.4. The minimum absolute atomic E-state index is 0.0501. The Morgan fingerprint density at radius 3 is 2.42 bits per heavy atom. The second-order valence-corrected chi connectivity index (χ2v) is 8.27. The van der Waals surface area contributed by atoms with Gasteiger partial charge in [0.05, 0.1) is 22.8 Å². The van der Waals surface area contributed by atoms with E-state index in [2.05, 4.69) is 0 Å². The third kappa shape index (κ3) is 3.17. The van der Waals surface area contributed by atoms with Crippen molar-refractivity contribution in [3.8, 4) is 0 Å². The smallest absolute Gasteiger partial charge is 0.294 e. The average Bonchev–Trinajstić information content (AvgIpc) is 3.61. The monoisotopic (exact) mass is 480 g/mol. The lowest BCUT2D eigenvalue weighted by Crippen LogP contribution is -2.31. The van der Waals surface area contributed by atoms with E-state index >= 15 is 0 Å². The van der Waals surface area contributed by atoms with Gasteiger partial charge in [0, 0.05) is 34.7 Å². The number of Topliss-reactive ketones (excluding diaryl/α,β-unsaturated/α-hetero) is 1. The van der Waals surface area contributed by atoms with Crippen molar-refractivity contribution in [1.29, 1.82) is 0 Å². The molecule has 2 aromatic heterocycles. The van der Waals surface area contributed by atoms with E-state index in [4.69, 9.17) is 8.83 Å². The van der Waals surface area contributed by atoms with E-state index in [1.165, 1.54) is 47.6 Å². The Morgan fingerprint density at radius 2 is 1.69 bits per heavy atom. The van der Waals surface area contributed by atoms with Gasteiger partial charge in [-0.2, -0.15) is 0 Å². The van der Waals surface area contributed by atoms with Gasteiger partial charge in [0.1, 0.15) is 11.2 Å². The van der Waals surface area contributed by atoms with Crippen molar-refractivity contribution < 1.29 is 28.5 Å². The van der Waals surface area contributed by atoms with Crippen LogP contribution in [-0.4, -0.2) is 21.7 Å². The number of ketones is 1. The van der Waals surface area contributed by atoms with Crippen LogP contribution in [-0.2, 0) is 4.79 Å². The zero-order valence-corrected chi connectivity index (χ0v) is 18.5. The van der Waals surface area contributed by atoms with Crippen LogP contribution < -0.4 is 4.90 Å². The molecule has 1 N–H and O–H groups in total. The summed E-state index contributed by atoms with van der Waals surface area (Å²) >= 11 is 0. The van der Waals surface area contributed by atoms with Crippen LogP contribution in [0.2, 0.25) is 0 Å². The SMILES string of the molecule is O=C(C1=C(O)C(=O)N(c2ccc3c(c2)oc2ccccc23)C1c1ccc([N+](=O)[O-])cc1)c1ccco1. The van der Waals surface area contributed by atoms with Gasteiger partial charge in [-0.25, -0.2) is 0 Å². The lowest BCUT2D eigenvalue weighted by Gasteiger charge is -2.26. The Morgan fingerprint density at radius 1 is 0.944 bits per heavy atom. The minimum atomic E-state index is -1.06. The molecule has 1 aliphatic heterocycles. The fraction of sp³-hybridized carbons (Fsp3) is 0.0370. The van der Waals surface area contributed by atoms with E-state index in [1.807, 2.05) is 24.3 Å². The van der Waals surface area contributed by atoms with Crippen LogP contribution in [0.25, 0.3) is 21.9 Å². The summed E-state index contributed by atoms with van der Waals surface area (Å²) in [5.74, 6) is -2.22. The normalized spacial score (nSPS) is 15.8. The number of non-ortho nitro benzene ring substituents is 1. The third-order valence-electron chi connectivity index (χ3n) is 6.26. The largest absolute Gasteiger partial charge is 0.503 e. The van der Waals surface area contributed by atoms with Crippen LogP contribution >= 0.6 is 0 Å². The number of para-hydroxylation sites is 1. The molecule has 9 heteroatoms. The van der Waals surface area contributed by atoms with Crippen molar-refractivity contribution in [2.75, 3.05) is 4.90 Å². The van der Waals surface area contributed by atoms with Gasteiger partial charge in [-0.3, -0.25) is 24.6 Å². The number of nitro groups is 1. The van der Waals surface area contributed by atoms with Gasteiger partial charge in [0.2, 0.25) is 5.78 Å². The fourth-order valence-electron chi connectivity index (χ4n) is 4.60. The number of nitro benzene ring substituents is 1. The minimum Gasteiger partial charge on any atom is -0.503 e. The summed E-state index contributed by atoms with van der Waals surface area (Å²) < 4.78 is 11.2. The Hall–Kier alpha value is -5.18. The number of hydrogen-bond acceptors (Lipinski definition) is 7. The summed E-state index contributed by atoms with van der Waals surface area (Å²) in [7, 11) is 0. The highest BCUT2D eigenvalue weighted by Gasteiger charge is 2.45. The van der Waals surface area contributed by atoms with E-state index < -0.39 is 28.4 Å². The average molecular weight is 480 g/mol. The summed E-state index contributed by atoms with van der Waals surface area (Å²) in [6, 6.07) is 20.1. The van der Waals surface area contributed by atoms with Gasteiger partial charge in [-0.15, -0.1) is 0 Å². The molecule has 0 radical (unpaired) electrons. The molecule has 3 heterocycles. The van der Waals surface area contributed by atoms with Gasteiger partial charge in [-0.1, -0.05) is 18.2 Å². The molecule has 0 saturated carbocycles. The highest BCUT2D eigenvalue weighted by atomic mass is 16.6. The molecule has 0 fully saturated rings. The van der Waals surface area contributed by atoms with Crippen LogP contribution in [0.5, 0.6) is 0 Å². The summed E-state index contributed by atoms with van der Waals surface area (Å²) in [5, 5.41) is 23.8. The first-order valence-electron chi connectivity index (χ1n) is 10.9. The molecule has 5 aromatic rings. The Bertz CT molecular complexity index is 1710. The molecule has 0 bridgehead atoms. The zero-order valence-electron chi connectivity index (χ0n) is 18.5. The van der Waals surface area contributed by atoms with Crippen molar-refractivity contribution in [3.05, 3.63) is 118 Å². The molecular weight excluding hydrogens is 464 g/mol. The summed E-state index contributed by atoms with van der Waals surface area (Å²) in [6.07, 6.45) is 1.32. The first kappa shape index (κ1) is 21.4. The highest BCUT2D eigenvalue weighted by Crippen LogP contribution is 2.43. The molecule has 1 amide bonds. The zero-order chi connectivity index (χ0) is 25.0. The van der Waals surface area contributed by atoms with Crippen LogP contribution in [0.3, 0.4) is 0 Å². The van der Waals surface area contributed by atoms with E-state index in [0.717, 1.165) is 10.8 Å². The Balaban J connectivity index is 1.52. The molecule has 0 saturated heterocycles. The summed E-state index contributed by atoms with van der Waals surface area (Å²) in [4.78, 5) is 38.6. The Labute approximate surface area is 202 Å². The molecule has 176 valence electrons. The van der Waals surface area contributed by atoms with Crippen LogP contribution in [0.15, 0.2) is 105 Å². The van der Waals surface area contributed by atoms with Crippen molar-refractivity contribution in [3.63, 3.8) is 0 Å². The fourth-order valence-corrected chi connectivity index (χ4v) is 4.60. The van der Waals surface area contributed by atoms with Crippen LogP contribution in [0.1, 0.15) is 22.2 Å². The van der Waals surface area contributed by atoms with Gasteiger partial charge in [-0.05, 0) is 48.0 Å². The van der Waals surface area contributed by atoms with E-state index in [9.17, 15) is 24.8 Å². The number of carbonyl (C=O) groups is 2. The molecule has 1 unspecified atom stereocenters. The first-order chi connectivity index (χ1) is 17.4. The van der Waals surface area contributed by atoms with Crippen molar-refractivity contribution in [2.45, 2.75) is 6.04 Å². The van der Waals surface area contributed by atoms with E-state index in [1.54, 1.807) is 18.2 Å². The standard InChI is InChI=1S/C27H16N2O7/c30-25(21-6-3-13-35-21)23-24(15-7-9-16(10-8-15)29(33)34)28(27(32)26(23)31)17-11-12-19-18-4-1-2-5-20(18)36-22(19)14-17/h1-14,24,31H. The number of amides is 1. The van der Waals surface area contributed by atoms with E-state index in [0.29, 0.717) is 22.4 Å². The van der Waals surface area contributed by atoms with Crippen LogP contribution in [0, 0.1) is 10.1 Å². The number of carbonyl (C=O) groups excluding carboxylic acids is 2. The third-order valence-corrected chi connectivity index (χ3v) is 6.26. The van der Waals surface area contributed by atoms with Gasteiger partial charge in [0.25, 0.3) is 11.6 Å². The first-order valence-corrected chi connectivity index (χ1v) is 10.9. The second-order valence-electron chi connectivity index (χ2n) is 8.27. The number of rotatable bonds is 5. The maximum atomic E-state index is 13.4. The number of fused-ring (bicyclic) bond motifs is 3. The number of furan rings is 2. The molecular formula is C27H16N2O7. The van der Waals surface area contributed by atoms with Crippen molar-refractivity contribution in [1.82, 2.24) is 0 Å². The van der Waals surface area contributed by atoms with E-state index in [-0.39, 0.29) is 17.0 Å². The molecule has 0 spiro atoms. The number of anilines is 1. The van der Waals surface area contributed by atoms with Gasteiger partial charge >= 0.3 is 0 Å². The predicted molar refractivity (Wildman–Crippen MR) is 130 cm³/mol. The summed E-state index contributed by atoms with van der Waals surface area (Å²) in [6.45, 7) is 0. The topological polar surface area (TPSA) is 127 Å². The number of nitrogens with zero attached hydrogens (tertiary/aromatic N) is 2. The molecule has 3 aromatic carbocycles. The lowest BCUT2D eigenvalue weighted by molar-refractivity contribution is -0.384. The molecule has 1 atom stereocenters. The number of benzene rings is 3. The van der Waals surface area contributed by atoms with Gasteiger partial charge < -0.3 is 13.9 Å². The quantitative estimate of drug-likeness (QED) is 0.189. The van der Waals surface area contributed by atoms with Crippen molar-refractivity contribution in [2.24, 2.45) is 0 Å². The number of aliphatic hydroxyl groups is 1. The number of hydrogen-bond donors (Lipinski definition) is 1. The molecule has 1 aliphatic rings. The second kappa shape index (κ2) is 7.95. The van der Waals surface area contributed by atoms with Crippen molar-refractivity contribution >= 4 is 45.0 Å². The predicted octanol–water partition coefficient (Wildman–Crippen LogP) is 5.87. The molecule has 36 heavy (non-hydrogen) atoms. The molecule has 9 nitrogen and oxygen atoms in total.